The summed E-state index contributed by atoms with van der Waals surface area (Å²) >= 11 is 0. The summed E-state index contributed by atoms with van der Waals surface area (Å²) in [5, 5.41) is 6.87. The number of fused-ring (bicyclic) bond motifs is 1. The molecule has 27 heavy (non-hydrogen) atoms. The zero-order valence-electron chi connectivity index (χ0n) is 15.3. The van der Waals surface area contributed by atoms with Crippen LogP contribution >= 0.6 is 0 Å². The van der Waals surface area contributed by atoms with Crippen LogP contribution in [0.25, 0.3) is 0 Å². The van der Waals surface area contributed by atoms with Gasteiger partial charge in [0.2, 0.25) is 11.8 Å². The predicted octanol–water partition coefficient (Wildman–Crippen LogP) is 2.33. The fraction of sp³-hybridized carbons (Fsp3) is 0.286. The van der Waals surface area contributed by atoms with E-state index < -0.39 is 0 Å². The van der Waals surface area contributed by atoms with Crippen LogP contribution in [0.5, 0.6) is 0 Å². The standard InChI is InChI=1S/C21H22N4O2/c1-22-21(26)18-12-16-9-5-6-10-17(16)13-25(18)14-20-23-19(24-27-20)11-15-7-3-2-4-8-15/h2-10,18H,11-14H2,1H3,(H,22,26)/t18-/m0/s1. The van der Waals surface area contributed by atoms with Gasteiger partial charge in [0.15, 0.2) is 5.82 Å². The average Bonchev–Trinajstić information content (AvgIpc) is 3.14. The van der Waals surface area contributed by atoms with Crippen LogP contribution in [0.1, 0.15) is 28.4 Å². The van der Waals surface area contributed by atoms with E-state index in [1.165, 1.54) is 11.1 Å². The van der Waals surface area contributed by atoms with E-state index >= 15 is 0 Å². The lowest BCUT2D eigenvalue weighted by Gasteiger charge is -2.34. The van der Waals surface area contributed by atoms with E-state index in [9.17, 15) is 4.79 Å². The molecule has 3 aromatic rings. The molecular weight excluding hydrogens is 340 g/mol. The summed E-state index contributed by atoms with van der Waals surface area (Å²) in [6.07, 6.45) is 1.31. The van der Waals surface area contributed by atoms with Crippen LogP contribution in [-0.4, -0.2) is 34.0 Å². The predicted molar refractivity (Wildman–Crippen MR) is 101 cm³/mol. The van der Waals surface area contributed by atoms with Gasteiger partial charge in [0.05, 0.1) is 12.6 Å². The minimum Gasteiger partial charge on any atom is -0.358 e. The van der Waals surface area contributed by atoms with E-state index in [1.807, 2.05) is 42.5 Å². The maximum Gasteiger partial charge on any atom is 0.240 e. The third-order valence-electron chi connectivity index (χ3n) is 4.95. The van der Waals surface area contributed by atoms with Gasteiger partial charge in [-0.15, -0.1) is 0 Å². The Bertz CT molecular complexity index is 923. The number of aromatic nitrogens is 2. The molecule has 6 nitrogen and oxygen atoms in total. The molecule has 1 aliphatic heterocycles. The molecule has 6 heteroatoms. The number of benzene rings is 2. The Balaban J connectivity index is 1.51. The zero-order chi connectivity index (χ0) is 18.6. The van der Waals surface area contributed by atoms with E-state index in [4.69, 9.17) is 4.52 Å². The third-order valence-corrected chi connectivity index (χ3v) is 4.95. The second-order valence-electron chi connectivity index (χ2n) is 6.77. The Hall–Kier alpha value is -2.99. The largest absolute Gasteiger partial charge is 0.358 e. The number of rotatable bonds is 5. The number of amides is 1. The number of nitrogens with one attached hydrogen (secondary N) is 1. The highest BCUT2D eigenvalue weighted by molar-refractivity contribution is 5.82. The van der Waals surface area contributed by atoms with E-state index in [0.29, 0.717) is 37.6 Å². The van der Waals surface area contributed by atoms with Crippen molar-refractivity contribution in [3.05, 3.63) is 83.0 Å². The molecule has 0 radical (unpaired) electrons. The van der Waals surface area contributed by atoms with Gasteiger partial charge >= 0.3 is 0 Å². The summed E-state index contributed by atoms with van der Waals surface area (Å²) in [6, 6.07) is 18.1. The minimum absolute atomic E-state index is 0.00790. The van der Waals surface area contributed by atoms with Gasteiger partial charge in [0, 0.05) is 20.0 Å². The summed E-state index contributed by atoms with van der Waals surface area (Å²) in [4.78, 5) is 19.0. The molecule has 0 saturated carbocycles. The van der Waals surface area contributed by atoms with Crippen molar-refractivity contribution in [1.82, 2.24) is 20.4 Å². The van der Waals surface area contributed by atoms with Crippen LogP contribution in [0.2, 0.25) is 0 Å². The Morgan fingerprint density at radius 2 is 1.89 bits per heavy atom. The summed E-state index contributed by atoms with van der Waals surface area (Å²) in [5.74, 6) is 1.20. The van der Waals surface area contributed by atoms with Gasteiger partial charge in [-0.3, -0.25) is 9.69 Å². The molecule has 1 amide bonds. The van der Waals surface area contributed by atoms with Crippen molar-refractivity contribution in [3.63, 3.8) is 0 Å². The first kappa shape index (κ1) is 17.4. The number of nitrogens with zero attached hydrogens (tertiary/aromatic N) is 3. The highest BCUT2D eigenvalue weighted by Gasteiger charge is 2.32. The smallest absolute Gasteiger partial charge is 0.240 e. The fourth-order valence-corrected chi connectivity index (χ4v) is 3.55. The average molecular weight is 362 g/mol. The molecule has 1 N–H and O–H groups in total. The van der Waals surface area contributed by atoms with Crippen LogP contribution in [0, 0.1) is 0 Å². The van der Waals surface area contributed by atoms with Crippen molar-refractivity contribution in [2.45, 2.75) is 32.0 Å². The molecule has 0 fully saturated rings. The van der Waals surface area contributed by atoms with E-state index in [1.54, 1.807) is 7.05 Å². The van der Waals surface area contributed by atoms with E-state index in [-0.39, 0.29) is 11.9 Å². The monoisotopic (exact) mass is 362 g/mol. The Labute approximate surface area is 158 Å². The van der Waals surface area contributed by atoms with Crippen LogP contribution in [0.4, 0.5) is 0 Å². The molecule has 0 unspecified atom stereocenters. The van der Waals surface area contributed by atoms with Crippen LogP contribution in [0.15, 0.2) is 59.1 Å². The van der Waals surface area contributed by atoms with Gasteiger partial charge in [0.1, 0.15) is 0 Å². The quantitative estimate of drug-likeness (QED) is 0.754. The van der Waals surface area contributed by atoms with Crippen LogP contribution in [-0.2, 0) is 30.7 Å². The highest BCUT2D eigenvalue weighted by atomic mass is 16.5. The molecule has 0 spiro atoms. The number of likely N-dealkylation sites (N-methyl/N-ethyl adjacent to an activating group) is 1. The molecule has 1 aromatic heterocycles. The van der Waals surface area contributed by atoms with Crippen molar-refractivity contribution in [1.29, 1.82) is 0 Å². The second kappa shape index (κ2) is 7.72. The van der Waals surface area contributed by atoms with E-state index in [2.05, 4.69) is 32.5 Å². The summed E-state index contributed by atoms with van der Waals surface area (Å²) in [7, 11) is 1.67. The van der Waals surface area contributed by atoms with Gasteiger partial charge in [-0.1, -0.05) is 59.8 Å². The number of hydrogen-bond donors (Lipinski definition) is 1. The highest BCUT2D eigenvalue weighted by Crippen LogP contribution is 2.25. The number of carbonyl (C=O) groups is 1. The maximum absolute atomic E-state index is 12.4. The third kappa shape index (κ3) is 3.90. The Morgan fingerprint density at radius 3 is 2.67 bits per heavy atom. The van der Waals surface area contributed by atoms with Crippen LogP contribution < -0.4 is 5.32 Å². The van der Waals surface area contributed by atoms with E-state index in [0.717, 1.165) is 5.56 Å². The Kier molecular flexibility index (Phi) is 4.98. The van der Waals surface area contributed by atoms with Crippen LogP contribution in [0.3, 0.4) is 0 Å². The van der Waals surface area contributed by atoms with Gasteiger partial charge < -0.3 is 9.84 Å². The number of carbonyl (C=O) groups excluding carboxylic acids is 1. The minimum atomic E-state index is -0.241. The Morgan fingerprint density at radius 1 is 1.15 bits per heavy atom. The SMILES string of the molecule is CNC(=O)[C@@H]1Cc2ccccc2CN1Cc1nc(Cc2ccccc2)no1. The molecule has 0 aliphatic carbocycles. The maximum atomic E-state index is 12.4. The molecule has 4 rings (SSSR count). The molecule has 1 aliphatic rings. The number of hydrogen-bond acceptors (Lipinski definition) is 5. The first-order valence-electron chi connectivity index (χ1n) is 9.11. The first-order chi connectivity index (χ1) is 13.2. The molecular formula is C21H22N4O2. The second-order valence-corrected chi connectivity index (χ2v) is 6.77. The van der Waals surface area contributed by atoms with Crippen molar-refractivity contribution in [2.75, 3.05) is 7.05 Å². The zero-order valence-corrected chi connectivity index (χ0v) is 15.3. The van der Waals surface area contributed by atoms with Gasteiger partial charge in [-0.05, 0) is 23.1 Å². The summed E-state index contributed by atoms with van der Waals surface area (Å²) < 4.78 is 5.45. The van der Waals surface area contributed by atoms with Crippen molar-refractivity contribution < 1.29 is 9.32 Å². The molecule has 2 aromatic carbocycles. The molecule has 138 valence electrons. The van der Waals surface area contributed by atoms with Gasteiger partial charge in [0.25, 0.3) is 0 Å². The summed E-state index contributed by atoms with van der Waals surface area (Å²) in [6.45, 7) is 1.14. The van der Waals surface area contributed by atoms with Gasteiger partial charge in [-0.25, -0.2) is 0 Å². The molecule has 2 heterocycles. The first-order valence-corrected chi connectivity index (χ1v) is 9.11. The topological polar surface area (TPSA) is 71.3 Å². The lowest BCUT2D eigenvalue weighted by Crippen LogP contribution is -2.49. The van der Waals surface area contributed by atoms with Crippen molar-refractivity contribution >= 4 is 5.91 Å². The fourth-order valence-electron chi connectivity index (χ4n) is 3.55. The van der Waals surface area contributed by atoms with Gasteiger partial charge in [-0.2, -0.15) is 4.98 Å². The summed E-state index contributed by atoms with van der Waals surface area (Å²) in [5.41, 5.74) is 3.60. The van der Waals surface area contributed by atoms with Crippen molar-refractivity contribution in [2.24, 2.45) is 0 Å². The van der Waals surface area contributed by atoms with Crippen molar-refractivity contribution in [3.8, 4) is 0 Å². The normalized spacial score (nSPS) is 16.7. The molecule has 0 saturated heterocycles. The lowest BCUT2D eigenvalue weighted by molar-refractivity contribution is -0.126. The molecule has 1 atom stereocenters. The molecule has 0 bridgehead atoms. The lowest BCUT2D eigenvalue weighted by atomic mass is 9.93.